The van der Waals surface area contributed by atoms with Gasteiger partial charge in [-0.15, -0.1) is 0 Å². The number of halogens is 3. The van der Waals surface area contributed by atoms with Gasteiger partial charge in [-0.05, 0) is 74.6 Å². The molecule has 200 valence electrons. The van der Waals surface area contributed by atoms with Gasteiger partial charge in [0, 0.05) is 13.1 Å². The van der Waals surface area contributed by atoms with Gasteiger partial charge in [0.05, 0.1) is 21.8 Å². The van der Waals surface area contributed by atoms with Gasteiger partial charge in [0.25, 0.3) is 10.0 Å². The molecule has 0 atom stereocenters. The number of nitrogens with one attached hydrogen (secondary N) is 1. The third kappa shape index (κ3) is 8.43. The quantitative estimate of drug-likeness (QED) is 0.397. The zero-order valence-corrected chi connectivity index (χ0v) is 21.5. The number of carboxylic acids is 2. The van der Waals surface area contributed by atoms with Crippen molar-refractivity contribution < 1.29 is 41.4 Å². The van der Waals surface area contributed by atoms with Gasteiger partial charge in [-0.3, -0.25) is 4.72 Å². The van der Waals surface area contributed by atoms with Gasteiger partial charge in [-0.25, -0.2) is 18.0 Å². The number of carbonyl (C=O) groups is 2. The minimum absolute atomic E-state index is 0.0382. The third-order valence-corrected chi connectivity index (χ3v) is 6.65. The summed E-state index contributed by atoms with van der Waals surface area (Å²) in [5.41, 5.74) is 3.56. The Bertz CT molecular complexity index is 1190. The van der Waals surface area contributed by atoms with Crippen LogP contribution in [0.1, 0.15) is 53.7 Å². The number of rotatable bonds is 9. The molecule has 0 saturated carbocycles. The summed E-state index contributed by atoms with van der Waals surface area (Å²) in [6.45, 7) is 11.2. The Morgan fingerprint density at radius 1 is 0.917 bits per heavy atom. The number of benzene rings is 2. The molecule has 3 N–H and O–H groups in total. The maximum Gasteiger partial charge on any atom is 0.490 e. The van der Waals surface area contributed by atoms with Gasteiger partial charge >= 0.3 is 18.1 Å². The molecular weight excluding hydrogens is 501 g/mol. The summed E-state index contributed by atoms with van der Waals surface area (Å²) in [4.78, 5) is 22.6. The highest BCUT2D eigenvalue weighted by molar-refractivity contribution is 7.92. The molecule has 0 heterocycles. The molecule has 2 aromatic carbocycles. The molecule has 12 heteroatoms. The van der Waals surface area contributed by atoms with Crippen molar-refractivity contribution in [2.75, 3.05) is 22.7 Å². The summed E-state index contributed by atoms with van der Waals surface area (Å²) in [5.74, 6) is -3.86. The monoisotopic (exact) mass is 532 g/mol. The van der Waals surface area contributed by atoms with Crippen LogP contribution in [0.15, 0.2) is 35.2 Å². The number of aromatic carboxylic acids is 1. The Morgan fingerprint density at radius 2 is 1.42 bits per heavy atom. The SMILES string of the molecule is CCCN(CCC)c1ccc(C(=O)O)cc1NS(=O)(=O)c1cc(C)c(C)cc1C.O=C(O)C(F)(F)F. The first kappa shape index (κ1) is 30.8. The average Bonchev–Trinajstić information content (AvgIpc) is 2.75. The normalized spacial score (nSPS) is 11.3. The summed E-state index contributed by atoms with van der Waals surface area (Å²) in [6, 6.07) is 8.08. The van der Waals surface area contributed by atoms with Crippen molar-refractivity contribution in [3.63, 3.8) is 0 Å². The fraction of sp³-hybridized carbons (Fsp3) is 0.417. The summed E-state index contributed by atoms with van der Waals surface area (Å²) in [5, 5.41) is 16.5. The van der Waals surface area contributed by atoms with Crippen molar-refractivity contribution in [1.29, 1.82) is 0 Å². The molecule has 36 heavy (non-hydrogen) atoms. The van der Waals surface area contributed by atoms with Gasteiger partial charge in [0.1, 0.15) is 0 Å². The van der Waals surface area contributed by atoms with E-state index in [-0.39, 0.29) is 16.1 Å². The van der Waals surface area contributed by atoms with E-state index in [1.165, 1.54) is 12.1 Å². The number of aryl methyl sites for hydroxylation is 3. The number of nitrogens with zero attached hydrogens (tertiary/aromatic N) is 1. The first-order valence-corrected chi connectivity index (χ1v) is 12.6. The highest BCUT2D eigenvalue weighted by Crippen LogP contribution is 2.31. The van der Waals surface area contributed by atoms with Crippen LogP contribution < -0.4 is 9.62 Å². The second-order valence-electron chi connectivity index (χ2n) is 8.13. The number of hydrogen-bond acceptors (Lipinski definition) is 5. The van der Waals surface area contributed by atoms with Crippen LogP contribution in [0.5, 0.6) is 0 Å². The molecule has 0 unspecified atom stereocenters. The van der Waals surface area contributed by atoms with E-state index in [0.29, 0.717) is 11.3 Å². The summed E-state index contributed by atoms with van der Waals surface area (Å²) in [7, 11) is -3.88. The Hall–Kier alpha value is -3.28. The van der Waals surface area contributed by atoms with Crippen LogP contribution in [0.4, 0.5) is 24.5 Å². The second kappa shape index (κ2) is 12.6. The molecule has 0 saturated heterocycles. The Kier molecular flexibility index (Phi) is 10.8. The Morgan fingerprint density at radius 3 is 1.86 bits per heavy atom. The molecule has 0 spiro atoms. The fourth-order valence-electron chi connectivity index (χ4n) is 3.34. The van der Waals surface area contributed by atoms with Gasteiger partial charge in [-0.1, -0.05) is 19.9 Å². The number of carboxylic acid groups (broad SMARTS) is 2. The molecule has 0 aromatic heterocycles. The Balaban J connectivity index is 0.000000809. The van der Waals surface area contributed by atoms with E-state index in [0.717, 1.165) is 37.1 Å². The number of anilines is 2. The number of hydrogen-bond donors (Lipinski definition) is 3. The van der Waals surface area contributed by atoms with E-state index in [4.69, 9.17) is 9.90 Å². The van der Waals surface area contributed by atoms with Crippen molar-refractivity contribution in [3.8, 4) is 0 Å². The summed E-state index contributed by atoms with van der Waals surface area (Å²) < 4.78 is 60.7. The molecule has 0 aliphatic rings. The van der Waals surface area contributed by atoms with Gasteiger partial charge < -0.3 is 15.1 Å². The molecule has 0 bridgehead atoms. The molecule has 0 amide bonds. The molecular formula is C24H31F3N2O6S. The minimum atomic E-state index is -5.08. The van der Waals surface area contributed by atoms with Crippen molar-refractivity contribution in [2.24, 2.45) is 0 Å². The van der Waals surface area contributed by atoms with Crippen molar-refractivity contribution in [2.45, 2.75) is 58.5 Å². The van der Waals surface area contributed by atoms with Gasteiger partial charge in [0.15, 0.2) is 0 Å². The van der Waals surface area contributed by atoms with E-state index in [1.54, 1.807) is 19.1 Å². The molecule has 2 aromatic rings. The minimum Gasteiger partial charge on any atom is -0.478 e. The third-order valence-electron chi connectivity index (χ3n) is 5.14. The van der Waals surface area contributed by atoms with Crippen molar-refractivity contribution >= 4 is 33.3 Å². The van der Waals surface area contributed by atoms with Gasteiger partial charge in [-0.2, -0.15) is 13.2 Å². The number of alkyl halides is 3. The standard InChI is InChI=1S/C22H30N2O4S.C2HF3O2/c1-6-10-24(11-7-2)20-9-8-18(22(25)26)14-19(20)23-29(27,28)21-13-16(4)15(3)12-17(21)5;3-2(4,5)1(6)7/h8-9,12-14,23H,6-7,10-11H2,1-5H3,(H,25,26);(H,6,7). The second-order valence-corrected chi connectivity index (χ2v) is 9.79. The van der Waals surface area contributed by atoms with E-state index >= 15 is 0 Å². The van der Waals surface area contributed by atoms with Crippen LogP contribution >= 0.6 is 0 Å². The van der Waals surface area contributed by atoms with Crippen LogP contribution in [0.3, 0.4) is 0 Å². The maximum atomic E-state index is 13.2. The topological polar surface area (TPSA) is 124 Å². The van der Waals surface area contributed by atoms with E-state index in [2.05, 4.69) is 23.5 Å². The number of aliphatic carboxylic acids is 1. The highest BCUT2D eigenvalue weighted by atomic mass is 32.2. The van der Waals surface area contributed by atoms with E-state index < -0.39 is 28.1 Å². The molecule has 0 radical (unpaired) electrons. The molecule has 0 aliphatic carbocycles. The first-order chi connectivity index (χ1) is 16.5. The lowest BCUT2D eigenvalue weighted by molar-refractivity contribution is -0.192. The smallest absolute Gasteiger partial charge is 0.478 e. The van der Waals surface area contributed by atoms with Crippen LogP contribution in [0, 0.1) is 20.8 Å². The zero-order valence-electron chi connectivity index (χ0n) is 20.7. The lowest BCUT2D eigenvalue weighted by Gasteiger charge is -2.27. The summed E-state index contributed by atoms with van der Waals surface area (Å²) in [6.07, 6.45) is -3.30. The average molecular weight is 533 g/mol. The van der Waals surface area contributed by atoms with Crippen LogP contribution in [0.25, 0.3) is 0 Å². The van der Waals surface area contributed by atoms with E-state index in [9.17, 15) is 31.5 Å². The Labute approximate surface area is 208 Å². The lowest BCUT2D eigenvalue weighted by atomic mass is 10.1. The predicted molar refractivity (Wildman–Crippen MR) is 131 cm³/mol. The largest absolute Gasteiger partial charge is 0.490 e. The van der Waals surface area contributed by atoms with Crippen LogP contribution in [-0.2, 0) is 14.8 Å². The van der Waals surface area contributed by atoms with Crippen molar-refractivity contribution in [1.82, 2.24) is 0 Å². The lowest BCUT2D eigenvalue weighted by Crippen LogP contribution is -2.27. The number of sulfonamides is 1. The van der Waals surface area contributed by atoms with Gasteiger partial charge in [0.2, 0.25) is 0 Å². The molecule has 0 aliphatic heterocycles. The highest BCUT2D eigenvalue weighted by Gasteiger charge is 2.38. The van der Waals surface area contributed by atoms with E-state index in [1.807, 2.05) is 19.9 Å². The first-order valence-electron chi connectivity index (χ1n) is 11.1. The van der Waals surface area contributed by atoms with Crippen molar-refractivity contribution in [3.05, 3.63) is 52.6 Å². The fourth-order valence-corrected chi connectivity index (χ4v) is 4.72. The molecule has 2 rings (SSSR count). The zero-order chi connectivity index (χ0) is 27.8. The van der Waals surface area contributed by atoms with Crippen LogP contribution in [0.2, 0.25) is 0 Å². The maximum absolute atomic E-state index is 13.2. The summed E-state index contributed by atoms with van der Waals surface area (Å²) >= 11 is 0. The molecule has 0 fully saturated rings. The predicted octanol–water partition coefficient (Wildman–Crippen LogP) is 5.37. The molecule has 8 nitrogen and oxygen atoms in total. The van der Waals surface area contributed by atoms with Crippen LogP contribution in [-0.4, -0.2) is 49.8 Å².